The van der Waals surface area contributed by atoms with Crippen LogP contribution in [0.2, 0.25) is 0 Å². The first-order valence-corrected chi connectivity index (χ1v) is 19.7. The van der Waals surface area contributed by atoms with Gasteiger partial charge in [0.2, 0.25) is 0 Å². The third-order valence-corrected chi connectivity index (χ3v) is 13.6. The van der Waals surface area contributed by atoms with E-state index in [1.54, 1.807) is 22.3 Å². The number of halogens is 2. The minimum absolute atomic E-state index is 1.25. The third kappa shape index (κ3) is 6.73. The summed E-state index contributed by atoms with van der Waals surface area (Å²) in [6, 6.07) is 13.4. The van der Waals surface area contributed by atoms with E-state index in [9.17, 15) is 0 Å². The van der Waals surface area contributed by atoms with E-state index in [1.807, 2.05) is 13.8 Å². The Morgan fingerprint density at radius 3 is 1.50 bits per heavy atom. The largest absolute Gasteiger partial charge is 0.210 e. The van der Waals surface area contributed by atoms with Gasteiger partial charge in [-0.3, -0.25) is 0 Å². The Morgan fingerprint density at radius 2 is 1.17 bits per heavy atom. The SMILES string of the molecule is C[C](C)=[Hf]([Cl])[Cl].c1cc2c([cH-]1)CCCC2.c1cc2c([cH-]1)CCCC2. The van der Waals surface area contributed by atoms with Crippen molar-refractivity contribution in [1.29, 1.82) is 0 Å². The molecule has 2 aliphatic rings. The fraction of sp³-hybridized carbons (Fsp3) is 0.476. The zero-order valence-corrected chi connectivity index (χ0v) is 20.0. The van der Waals surface area contributed by atoms with Gasteiger partial charge in [0.1, 0.15) is 0 Å². The van der Waals surface area contributed by atoms with Gasteiger partial charge in [0.15, 0.2) is 0 Å². The molecular weight excluding hydrogens is 502 g/mol. The summed E-state index contributed by atoms with van der Waals surface area (Å²) in [5.74, 6) is 0. The molecule has 0 saturated heterocycles. The van der Waals surface area contributed by atoms with Crippen molar-refractivity contribution in [2.75, 3.05) is 0 Å². The zero-order valence-electron chi connectivity index (χ0n) is 14.9. The van der Waals surface area contributed by atoms with Crippen LogP contribution in [0.1, 0.15) is 61.8 Å². The van der Waals surface area contributed by atoms with Crippen molar-refractivity contribution >= 4 is 20.4 Å². The molecular formula is C21H28Cl2Hf-2. The van der Waals surface area contributed by atoms with E-state index >= 15 is 0 Å². The smallest absolute Gasteiger partial charge is 0.0512 e. The Bertz CT molecular complexity index is 543. The Kier molecular flexibility index (Phi) is 9.22. The molecule has 0 fully saturated rings. The summed E-state index contributed by atoms with van der Waals surface area (Å²) in [6.45, 7) is 3.98. The topological polar surface area (TPSA) is 0 Å². The van der Waals surface area contributed by atoms with Gasteiger partial charge in [0.25, 0.3) is 0 Å². The molecule has 3 heteroatoms. The second-order valence-electron chi connectivity index (χ2n) is 6.83. The van der Waals surface area contributed by atoms with Gasteiger partial charge in [-0.1, -0.05) is 51.4 Å². The molecule has 2 aromatic carbocycles. The minimum Gasteiger partial charge on any atom is -0.210 e. The average Bonchev–Trinajstić information content (AvgIpc) is 3.24. The van der Waals surface area contributed by atoms with Crippen LogP contribution in [0, 0.1) is 0 Å². The molecule has 0 heterocycles. The van der Waals surface area contributed by atoms with Crippen LogP contribution in [0.5, 0.6) is 0 Å². The molecule has 0 nitrogen and oxygen atoms in total. The number of rotatable bonds is 0. The van der Waals surface area contributed by atoms with Gasteiger partial charge in [0, 0.05) is 0 Å². The molecule has 132 valence electrons. The van der Waals surface area contributed by atoms with Crippen LogP contribution < -0.4 is 0 Å². The third-order valence-electron chi connectivity index (χ3n) is 4.68. The van der Waals surface area contributed by atoms with Gasteiger partial charge < -0.3 is 0 Å². The summed E-state index contributed by atoms with van der Waals surface area (Å²) in [5.41, 5.74) is 6.39. The number of aryl methyl sites for hydroxylation is 4. The molecule has 0 N–H and O–H groups in total. The quantitative estimate of drug-likeness (QED) is 0.263. The average molecular weight is 530 g/mol. The maximum absolute atomic E-state index is 5.55. The second-order valence-corrected chi connectivity index (χ2v) is 20.1. The van der Waals surface area contributed by atoms with Gasteiger partial charge in [0.05, 0.1) is 0 Å². The molecule has 0 spiro atoms. The summed E-state index contributed by atoms with van der Waals surface area (Å²) in [7, 11) is 11.1. The van der Waals surface area contributed by atoms with Gasteiger partial charge in [-0.05, 0) is 0 Å². The maximum atomic E-state index is 5.55. The second kappa shape index (κ2) is 10.9. The van der Waals surface area contributed by atoms with E-state index in [4.69, 9.17) is 17.2 Å². The molecule has 24 heavy (non-hydrogen) atoms. The van der Waals surface area contributed by atoms with Crippen molar-refractivity contribution in [1.82, 2.24) is 0 Å². The van der Waals surface area contributed by atoms with E-state index in [0.717, 1.165) is 0 Å². The van der Waals surface area contributed by atoms with E-state index in [0.29, 0.717) is 0 Å². The first-order valence-electron chi connectivity index (χ1n) is 9.03. The van der Waals surface area contributed by atoms with Crippen LogP contribution >= 0.6 is 17.2 Å². The minimum atomic E-state index is -1.97. The first kappa shape index (κ1) is 20.3. The molecule has 0 atom stereocenters. The Morgan fingerprint density at radius 1 is 0.792 bits per heavy atom. The summed E-state index contributed by atoms with van der Waals surface area (Å²) < 4.78 is 1.25. The Balaban J connectivity index is 0.000000134. The van der Waals surface area contributed by atoms with Crippen LogP contribution in [-0.4, -0.2) is 3.26 Å². The van der Waals surface area contributed by atoms with Crippen molar-refractivity contribution in [2.24, 2.45) is 0 Å². The van der Waals surface area contributed by atoms with Gasteiger partial charge in [-0.15, -0.1) is 0 Å². The van der Waals surface area contributed by atoms with Crippen LogP contribution in [0.4, 0.5) is 0 Å². The zero-order chi connectivity index (χ0) is 17.4. The van der Waals surface area contributed by atoms with Gasteiger partial charge >= 0.3 is 52.8 Å². The van der Waals surface area contributed by atoms with Gasteiger partial charge in [-0.25, -0.2) is 12.1 Å². The maximum Gasteiger partial charge on any atom is -0.0512 e. The fourth-order valence-electron chi connectivity index (χ4n) is 3.23. The van der Waals surface area contributed by atoms with Crippen LogP contribution in [-0.2, 0) is 44.3 Å². The first-order chi connectivity index (χ1) is 11.6. The summed E-state index contributed by atoms with van der Waals surface area (Å²) >= 11 is -1.97. The molecule has 4 rings (SSSR count). The fourth-order valence-corrected chi connectivity index (χ4v) is 3.23. The van der Waals surface area contributed by atoms with Crippen molar-refractivity contribution in [3.8, 4) is 0 Å². The van der Waals surface area contributed by atoms with E-state index in [-0.39, 0.29) is 0 Å². The monoisotopic (exact) mass is 530 g/mol. The Labute approximate surface area is 162 Å². The van der Waals surface area contributed by atoms with Crippen molar-refractivity contribution in [3.63, 3.8) is 0 Å². The molecule has 0 saturated carbocycles. The predicted octanol–water partition coefficient (Wildman–Crippen LogP) is 6.69. The normalized spacial score (nSPS) is 15.0. The molecule has 0 bridgehead atoms. The molecule has 2 aromatic rings. The van der Waals surface area contributed by atoms with E-state index < -0.39 is 18.6 Å². The molecule has 0 aromatic heterocycles. The summed E-state index contributed by atoms with van der Waals surface area (Å²) in [4.78, 5) is 0. The molecule has 0 amide bonds. The van der Waals surface area contributed by atoms with Crippen molar-refractivity contribution < 1.29 is 18.6 Å². The van der Waals surface area contributed by atoms with Crippen molar-refractivity contribution in [2.45, 2.75) is 65.2 Å². The molecule has 2 aliphatic carbocycles. The molecule has 0 unspecified atom stereocenters. The number of fused-ring (bicyclic) bond motifs is 2. The number of hydrogen-bond acceptors (Lipinski definition) is 0. The Hall–Kier alpha value is 0.0201. The predicted molar refractivity (Wildman–Crippen MR) is 105 cm³/mol. The van der Waals surface area contributed by atoms with Crippen LogP contribution in [0.25, 0.3) is 0 Å². The van der Waals surface area contributed by atoms with Crippen molar-refractivity contribution in [3.05, 3.63) is 58.7 Å². The molecule has 0 aliphatic heterocycles. The van der Waals surface area contributed by atoms with Crippen LogP contribution in [0.15, 0.2) is 36.4 Å². The van der Waals surface area contributed by atoms with E-state index in [2.05, 4.69) is 36.4 Å². The van der Waals surface area contributed by atoms with E-state index in [1.165, 1.54) is 54.6 Å². The standard InChI is InChI=1S/2C9H11.C3H6.2ClH.Hf/c2*1-2-5-9-7-3-6-8(9)4-1;1-3-2;;;/h2*3,6-7H,1-2,4-5H2;1-2H3;2*1H;/q2*-1;;;;+2/p-2. The van der Waals surface area contributed by atoms with Crippen LogP contribution in [0.3, 0.4) is 0 Å². The summed E-state index contributed by atoms with van der Waals surface area (Å²) in [6.07, 6.45) is 10.9. The number of hydrogen-bond donors (Lipinski definition) is 0. The van der Waals surface area contributed by atoms with Gasteiger partial charge in [-0.2, -0.15) is 46.5 Å². The summed E-state index contributed by atoms with van der Waals surface area (Å²) in [5, 5.41) is 0. The molecule has 0 radical (unpaired) electrons.